The van der Waals surface area contributed by atoms with Crippen molar-refractivity contribution in [2.24, 2.45) is 0 Å². The van der Waals surface area contributed by atoms with E-state index in [1.165, 1.54) is 0 Å². The number of hydrogen-bond acceptors (Lipinski definition) is 5. The van der Waals surface area contributed by atoms with E-state index >= 15 is 0 Å². The van der Waals surface area contributed by atoms with Gasteiger partial charge in [-0.15, -0.1) is 0 Å². The molecule has 0 radical (unpaired) electrons. The first-order valence-electron chi connectivity index (χ1n) is 6.25. The molecule has 0 N–H and O–H groups in total. The molecule has 5 heteroatoms. The summed E-state index contributed by atoms with van der Waals surface area (Å²) in [4.78, 5) is 11.3. The van der Waals surface area contributed by atoms with Crippen molar-refractivity contribution in [1.29, 1.82) is 0 Å². The lowest BCUT2D eigenvalue weighted by atomic mass is 9.98. The van der Waals surface area contributed by atoms with Gasteiger partial charge in [-0.1, -0.05) is 6.58 Å². The van der Waals surface area contributed by atoms with E-state index in [0.29, 0.717) is 6.42 Å². The predicted molar refractivity (Wildman–Crippen MR) is 64.0 cm³/mol. The highest BCUT2D eigenvalue weighted by molar-refractivity contribution is 5.71. The SMILES string of the molecule is C=C1C(CCC(OC)OC)O[C@H]2CCC(=O)O[C@@H]12. The summed E-state index contributed by atoms with van der Waals surface area (Å²) in [6.45, 7) is 4.00. The molecule has 0 aromatic carbocycles. The minimum atomic E-state index is -0.264. The highest BCUT2D eigenvalue weighted by Crippen LogP contribution is 2.35. The Morgan fingerprint density at radius 3 is 2.83 bits per heavy atom. The van der Waals surface area contributed by atoms with Crippen LogP contribution < -0.4 is 0 Å². The molecule has 2 heterocycles. The van der Waals surface area contributed by atoms with Crippen molar-refractivity contribution < 1.29 is 23.7 Å². The summed E-state index contributed by atoms with van der Waals surface area (Å²) in [5, 5.41) is 0. The molecule has 0 bridgehead atoms. The van der Waals surface area contributed by atoms with E-state index in [0.717, 1.165) is 24.8 Å². The van der Waals surface area contributed by atoms with Crippen molar-refractivity contribution in [3.63, 3.8) is 0 Å². The summed E-state index contributed by atoms with van der Waals surface area (Å²) in [5.74, 6) is -0.159. The minimum absolute atomic E-state index is 0.0243. The topological polar surface area (TPSA) is 54.0 Å². The van der Waals surface area contributed by atoms with Crippen molar-refractivity contribution in [1.82, 2.24) is 0 Å². The van der Waals surface area contributed by atoms with Gasteiger partial charge >= 0.3 is 5.97 Å². The zero-order valence-electron chi connectivity index (χ0n) is 10.9. The van der Waals surface area contributed by atoms with Crippen LogP contribution in [0, 0.1) is 0 Å². The Morgan fingerprint density at radius 2 is 2.17 bits per heavy atom. The monoisotopic (exact) mass is 256 g/mol. The lowest BCUT2D eigenvalue weighted by Gasteiger charge is -2.23. The normalized spacial score (nSPS) is 31.6. The summed E-state index contributed by atoms with van der Waals surface area (Å²) in [5.41, 5.74) is 0.860. The molecule has 3 atom stereocenters. The van der Waals surface area contributed by atoms with Crippen LogP contribution >= 0.6 is 0 Å². The highest BCUT2D eigenvalue weighted by Gasteiger charge is 2.43. The smallest absolute Gasteiger partial charge is 0.306 e. The Labute approximate surface area is 107 Å². The number of carbonyl (C=O) groups excluding carboxylic acids is 1. The quantitative estimate of drug-likeness (QED) is 0.423. The van der Waals surface area contributed by atoms with Gasteiger partial charge in [0.15, 0.2) is 12.4 Å². The van der Waals surface area contributed by atoms with Gasteiger partial charge in [0.05, 0.1) is 12.2 Å². The first kappa shape index (κ1) is 13.5. The van der Waals surface area contributed by atoms with Gasteiger partial charge < -0.3 is 18.9 Å². The van der Waals surface area contributed by atoms with Gasteiger partial charge in [-0.2, -0.15) is 0 Å². The molecule has 0 amide bonds. The number of methoxy groups -OCH3 is 2. The molecule has 2 rings (SSSR count). The van der Waals surface area contributed by atoms with E-state index in [2.05, 4.69) is 6.58 Å². The predicted octanol–water partition coefficient (Wildman–Crippen LogP) is 1.41. The molecule has 0 aromatic heterocycles. The lowest BCUT2D eigenvalue weighted by Crippen LogP contribution is -2.33. The molecule has 0 spiro atoms. The van der Waals surface area contributed by atoms with Crippen LogP contribution in [0.15, 0.2) is 12.2 Å². The van der Waals surface area contributed by atoms with Crippen LogP contribution in [-0.4, -0.2) is 44.8 Å². The molecule has 2 aliphatic rings. The van der Waals surface area contributed by atoms with Crippen LogP contribution in [0.1, 0.15) is 25.7 Å². The fourth-order valence-corrected chi connectivity index (χ4v) is 2.50. The maximum absolute atomic E-state index is 11.3. The van der Waals surface area contributed by atoms with E-state index in [1.54, 1.807) is 14.2 Å². The van der Waals surface area contributed by atoms with Gasteiger partial charge in [-0.25, -0.2) is 0 Å². The lowest BCUT2D eigenvalue weighted by molar-refractivity contribution is -0.158. The van der Waals surface area contributed by atoms with Crippen LogP contribution in [0.2, 0.25) is 0 Å². The zero-order chi connectivity index (χ0) is 13.1. The summed E-state index contributed by atoms with van der Waals surface area (Å²) < 4.78 is 21.4. The molecule has 102 valence electrons. The number of ether oxygens (including phenoxy) is 4. The van der Waals surface area contributed by atoms with Crippen molar-refractivity contribution in [2.45, 2.75) is 50.3 Å². The summed E-state index contributed by atoms with van der Waals surface area (Å²) in [6.07, 6.45) is 2.05. The van der Waals surface area contributed by atoms with Crippen LogP contribution in [0.3, 0.4) is 0 Å². The van der Waals surface area contributed by atoms with Crippen molar-refractivity contribution in [3.05, 3.63) is 12.2 Å². The first-order chi connectivity index (χ1) is 8.65. The molecule has 5 nitrogen and oxygen atoms in total. The molecule has 2 fully saturated rings. The first-order valence-corrected chi connectivity index (χ1v) is 6.25. The molecule has 0 saturated carbocycles. The number of rotatable bonds is 5. The van der Waals surface area contributed by atoms with Crippen molar-refractivity contribution >= 4 is 5.97 Å². The van der Waals surface area contributed by atoms with Crippen LogP contribution in [0.25, 0.3) is 0 Å². The second kappa shape index (κ2) is 5.82. The van der Waals surface area contributed by atoms with Crippen molar-refractivity contribution in [3.8, 4) is 0 Å². The van der Waals surface area contributed by atoms with E-state index in [4.69, 9.17) is 18.9 Å². The van der Waals surface area contributed by atoms with E-state index in [-0.39, 0.29) is 30.6 Å². The molecule has 1 unspecified atom stereocenters. The Kier molecular flexibility index (Phi) is 4.37. The average molecular weight is 256 g/mol. The standard InChI is InChI=1S/C13H20O5/c1-8-9(5-7-12(15-2)16-3)17-10-4-6-11(14)18-13(8)10/h9-10,12-13H,1,4-7H2,2-3H3/t9?,10-,13-/m0/s1. The Bertz CT molecular complexity index is 323. The van der Waals surface area contributed by atoms with E-state index in [9.17, 15) is 4.79 Å². The molecule has 0 aromatic rings. The van der Waals surface area contributed by atoms with Gasteiger partial charge in [0.2, 0.25) is 0 Å². The second-order valence-corrected chi connectivity index (χ2v) is 4.67. The molecule has 2 saturated heterocycles. The highest BCUT2D eigenvalue weighted by atomic mass is 16.7. The molecule has 2 aliphatic heterocycles. The third-order valence-corrected chi connectivity index (χ3v) is 3.54. The third-order valence-electron chi connectivity index (χ3n) is 3.54. The number of fused-ring (bicyclic) bond motifs is 1. The van der Waals surface area contributed by atoms with E-state index < -0.39 is 0 Å². The largest absolute Gasteiger partial charge is 0.455 e. The minimum Gasteiger partial charge on any atom is -0.455 e. The Morgan fingerprint density at radius 1 is 1.44 bits per heavy atom. The summed E-state index contributed by atoms with van der Waals surface area (Å²) in [6, 6.07) is 0. The zero-order valence-corrected chi connectivity index (χ0v) is 10.9. The fourth-order valence-electron chi connectivity index (χ4n) is 2.50. The van der Waals surface area contributed by atoms with Gasteiger partial charge in [0.1, 0.15) is 0 Å². The van der Waals surface area contributed by atoms with E-state index in [1.807, 2.05) is 0 Å². The van der Waals surface area contributed by atoms with Crippen LogP contribution in [0.5, 0.6) is 0 Å². The fraction of sp³-hybridized carbons (Fsp3) is 0.769. The van der Waals surface area contributed by atoms with Crippen molar-refractivity contribution in [2.75, 3.05) is 14.2 Å². The Hall–Kier alpha value is -0.910. The number of carbonyl (C=O) groups is 1. The third kappa shape index (κ3) is 2.74. The maximum atomic E-state index is 11.3. The molecule has 0 aliphatic carbocycles. The Balaban J connectivity index is 1.88. The molecular weight excluding hydrogens is 236 g/mol. The summed E-state index contributed by atoms with van der Waals surface area (Å²) >= 11 is 0. The van der Waals surface area contributed by atoms with Gasteiger partial charge in [0.25, 0.3) is 0 Å². The van der Waals surface area contributed by atoms with Gasteiger partial charge in [-0.05, 0) is 18.4 Å². The second-order valence-electron chi connectivity index (χ2n) is 4.67. The van der Waals surface area contributed by atoms with Gasteiger partial charge in [-0.3, -0.25) is 4.79 Å². The van der Waals surface area contributed by atoms with Crippen LogP contribution in [0.4, 0.5) is 0 Å². The number of hydrogen-bond donors (Lipinski definition) is 0. The maximum Gasteiger partial charge on any atom is 0.306 e. The molecular formula is C13H20O5. The van der Waals surface area contributed by atoms with Crippen LogP contribution in [-0.2, 0) is 23.7 Å². The molecule has 18 heavy (non-hydrogen) atoms. The van der Waals surface area contributed by atoms with Gasteiger partial charge in [0, 0.05) is 27.1 Å². The summed E-state index contributed by atoms with van der Waals surface area (Å²) in [7, 11) is 3.22. The number of esters is 1. The average Bonchev–Trinajstić information content (AvgIpc) is 2.68.